The van der Waals surface area contributed by atoms with Crippen LogP contribution in [-0.2, 0) is 4.74 Å². The quantitative estimate of drug-likeness (QED) is 0.615. The molecular weight excluding hydrogens is 292 g/mol. The first-order valence-corrected chi connectivity index (χ1v) is 8.03. The van der Waals surface area contributed by atoms with E-state index in [0.29, 0.717) is 12.2 Å². The molecule has 0 bridgehead atoms. The van der Waals surface area contributed by atoms with Gasteiger partial charge >= 0.3 is 5.97 Å². The van der Waals surface area contributed by atoms with E-state index in [-0.39, 0.29) is 5.97 Å². The summed E-state index contributed by atoms with van der Waals surface area (Å²) < 4.78 is 5.21. The number of hydrogen-bond acceptors (Lipinski definition) is 3. The van der Waals surface area contributed by atoms with E-state index in [9.17, 15) is 4.79 Å². The van der Waals surface area contributed by atoms with Gasteiger partial charge in [-0.05, 0) is 24.1 Å². The minimum atomic E-state index is -0.264. The number of esters is 1. The number of ether oxygens (including phenoxy) is 1. The molecule has 3 heteroatoms. The Labute approximate surface area is 134 Å². The lowest BCUT2D eigenvalue weighted by Crippen LogP contribution is -2.04. The van der Waals surface area contributed by atoms with E-state index in [2.05, 4.69) is 12.1 Å². The molecule has 0 aliphatic rings. The Morgan fingerprint density at radius 1 is 0.955 bits per heavy atom. The Balaban J connectivity index is 2.11. The number of benzene rings is 2. The van der Waals surface area contributed by atoms with Crippen LogP contribution < -0.4 is 0 Å². The van der Waals surface area contributed by atoms with E-state index in [1.807, 2.05) is 61.5 Å². The molecule has 0 amide bonds. The van der Waals surface area contributed by atoms with Crippen molar-refractivity contribution >= 4 is 17.3 Å². The summed E-state index contributed by atoms with van der Waals surface area (Å²) in [6, 6.07) is 22.0. The lowest BCUT2D eigenvalue weighted by Gasteiger charge is -2.03. The third kappa shape index (κ3) is 2.95. The van der Waals surface area contributed by atoms with Crippen molar-refractivity contribution in [2.45, 2.75) is 6.92 Å². The zero-order chi connectivity index (χ0) is 15.4. The number of rotatable bonds is 4. The van der Waals surface area contributed by atoms with Gasteiger partial charge < -0.3 is 4.74 Å². The van der Waals surface area contributed by atoms with Gasteiger partial charge in [0.15, 0.2) is 0 Å². The summed E-state index contributed by atoms with van der Waals surface area (Å²) >= 11 is 1.62. The fourth-order valence-electron chi connectivity index (χ4n) is 2.30. The number of carbonyl (C=O) groups excluding carboxylic acids is 1. The lowest BCUT2D eigenvalue weighted by atomic mass is 10.1. The molecule has 3 aromatic rings. The summed E-state index contributed by atoms with van der Waals surface area (Å²) in [6.07, 6.45) is 0. The molecule has 22 heavy (non-hydrogen) atoms. The van der Waals surface area contributed by atoms with Gasteiger partial charge in [-0.1, -0.05) is 60.7 Å². The summed E-state index contributed by atoms with van der Waals surface area (Å²) in [4.78, 5) is 14.3. The molecule has 110 valence electrons. The highest BCUT2D eigenvalue weighted by Gasteiger charge is 2.19. The van der Waals surface area contributed by atoms with Crippen LogP contribution in [0.15, 0.2) is 66.7 Å². The zero-order valence-electron chi connectivity index (χ0n) is 12.3. The maximum atomic E-state index is 12.3. The molecule has 0 spiro atoms. The fourth-order valence-corrected chi connectivity index (χ4v) is 3.46. The average molecular weight is 308 g/mol. The van der Waals surface area contributed by atoms with Crippen LogP contribution in [0.1, 0.15) is 17.3 Å². The molecule has 0 saturated heterocycles. The molecule has 0 N–H and O–H groups in total. The molecule has 3 rings (SSSR count). The highest BCUT2D eigenvalue weighted by atomic mass is 32.1. The Morgan fingerprint density at radius 2 is 1.55 bits per heavy atom. The summed E-state index contributed by atoms with van der Waals surface area (Å²) in [7, 11) is 0. The SMILES string of the molecule is CCOC(=O)c1cc(-c2ccccc2)sc1-c1ccccc1. The molecule has 0 unspecified atom stereocenters. The van der Waals surface area contributed by atoms with Crippen LogP contribution in [-0.4, -0.2) is 12.6 Å². The third-order valence-corrected chi connectivity index (χ3v) is 4.55. The second kappa shape index (κ2) is 6.58. The minimum Gasteiger partial charge on any atom is -0.462 e. The Hall–Kier alpha value is -2.39. The van der Waals surface area contributed by atoms with E-state index in [0.717, 1.165) is 20.9 Å². The van der Waals surface area contributed by atoms with Crippen molar-refractivity contribution in [1.82, 2.24) is 0 Å². The number of hydrogen-bond donors (Lipinski definition) is 0. The number of carbonyl (C=O) groups is 1. The molecule has 0 radical (unpaired) electrons. The largest absolute Gasteiger partial charge is 0.462 e. The number of thiophene rings is 1. The van der Waals surface area contributed by atoms with Gasteiger partial charge in [0, 0.05) is 9.75 Å². The van der Waals surface area contributed by atoms with Crippen molar-refractivity contribution in [2.75, 3.05) is 6.61 Å². The summed E-state index contributed by atoms with van der Waals surface area (Å²) in [5, 5.41) is 0. The van der Waals surface area contributed by atoms with Crippen LogP contribution in [0.3, 0.4) is 0 Å². The normalized spacial score (nSPS) is 10.4. The predicted octanol–water partition coefficient (Wildman–Crippen LogP) is 5.26. The highest BCUT2D eigenvalue weighted by molar-refractivity contribution is 7.19. The van der Waals surface area contributed by atoms with Crippen LogP contribution in [0.2, 0.25) is 0 Å². The minimum absolute atomic E-state index is 0.264. The van der Waals surface area contributed by atoms with Crippen LogP contribution in [0.5, 0.6) is 0 Å². The van der Waals surface area contributed by atoms with Gasteiger partial charge in [-0.3, -0.25) is 0 Å². The van der Waals surface area contributed by atoms with E-state index in [4.69, 9.17) is 4.74 Å². The van der Waals surface area contributed by atoms with Crippen LogP contribution >= 0.6 is 11.3 Å². The Morgan fingerprint density at radius 3 is 2.14 bits per heavy atom. The summed E-state index contributed by atoms with van der Waals surface area (Å²) in [5.41, 5.74) is 2.79. The predicted molar refractivity (Wildman–Crippen MR) is 91.1 cm³/mol. The second-order valence-corrected chi connectivity index (χ2v) is 5.86. The van der Waals surface area contributed by atoms with E-state index < -0.39 is 0 Å². The second-order valence-electron chi connectivity index (χ2n) is 4.81. The maximum absolute atomic E-state index is 12.3. The first-order valence-electron chi connectivity index (χ1n) is 7.21. The topological polar surface area (TPSA) is 26.3 Å². The van der Waals surface area contributed by atoms with Gasteiger partial charge in [-0.15, -0.1) is 11.3 Å². The fraction of sp³-hybridized carbons (Fsp3) is 0.105. The molecule has 2 nitrogen and oxygen atoms in total. The van der Waals surface area contributed by atoms with E-state index in [1.165, 1.54) is 0 Å². The first-order chi connectivity index (χ1) is 10.8. The summed E-state index contributed by atoms with van der Waals surface area (Å²) in [5.74, 6) is -0.264. The van der Waals surface area contributed by atoms with E-state index >= 15 is 0 Å². The molecule has 1 heterocycles. The average Bonchev–Trinajstić information content (AvgIpc) is 3.02. The molecule has 0 saturated carbocycles. The van der Waals surface area contributed by atoms with Gasteiger partial charge in [-0.25, -0.2) is 4.79 Å². The molecule has 2 aromatic carbocycles. The molecule has 0 aliphatic carbocycles. The van der Waals surface area contributed by atoms with Crippen LogP contribution in [0.4, 0.5) is 0 Å². The van der Waals surface area contributed by atoms with Gasteiger partial charge in [0.2, 0.25) is 0 Å². The Bertz CT molecular complexity index is 761. The summed E-state index contributed by atoms with van der Waals surface area (Å²) in [6.45, 7) is 2.20. The maximum Gasteiger partial charge on any atom is 0.339 e. The van der Waals surface area contributed by atoms with Crippen molar-refractivity contribution in [3.8, 4) is 20.9 Å². The first kappa shape index (κ1) is 14.5. The smallest absolute Gasteiger partial charge is 0.339 e. The van der Waals surface area contributed by atoms with E-state index in [1.54, 1.807) is 11.3 Å². The highest BCUT2D eigenvalue weighted by Crippen LogP contribution is 2.38. The van der Waals surface area contributed by atoms with Gasteiger partial charge in [0.25, 0.3) is 0 Å². The van der Waals surface area contributed by atoms with Gasteiger partial charge in [-0.2, -0.15) is 0 Å². The van der Waals surface area contributed by atoms with Gasteiger partial charge in [0.05, 0.1) is 12.2 Å². The van der Waals surface area contributed by atoms with Crippen molar-refractivity contribution in [3.63, 3.8) is 0 Å². The van der Waals surface area contributed by atoms with Gasteiger partial charge in [0.1, 0.15) is 0 Å². The molecule has 0 aliphatic heterocycles. The van der Waals surface area contributed by atoms with Crippen molar-refractivity contribution in [2.24, 2.45) is 0 Å². The third-order valence-electron chi connectivity index (χ3n) is 3.32. The molecule has 1 aromatic heterocycles. The molecule has 0 atom stereocenters. The standard InChI is InChI=1S/C19H16O2S/c1-2-21-19(20)16-13-17(14-9-5-3-6-10-14)22-18(16)15-11-7-4-8-12-15/h3-13H,2H2,1H3. The zero-order valence-corrected chi connectivity index (χ0v) is 13.1. The van der Waals surface area contributed by atoms with Crippen molar-refractivity contribution in [3.05, 3.63) is 72.3 Å². The molecular formula is C19H16O2S. The molecule has 0 fully saturated rings. The van der Waals surface area contributed by atoms with Crippen LogP contribution in [0, 0.1) is 0 Å². The van der Waals surface area contributed by atoms with Crippen molar-refractivity contribution in [1.29, 1.82) is 0 Å². The Kier molecular flexibility index (Phi) is 4.35. The van der Waals surface area contributed by atoms with Crippen LogP contribution in [0.25, 0.3) is 20.9 Å². The monoisotopic (exact) mass is 308 g/mol. The van der Waals surface area contributed by atoms with Crippen molar-refractivity contribution < 1.29 is 9.53 Å². The lowest BCUT2D eigenvalue weighted by molar-refractivity contribution is 0.0528.